The van der Waals surface area contributed by atoms with E-state index < -0.39 is 0 Å². The molecule has 1 unspecified atom stereocenters. The van der Waals surface area contributed by atoms with Crippen molar-refractivity contribution in [1.82, 2.24) is 19.8 Å². The topological polar surface area (TPSA) is 45.5 Å². The molecule has 1 atom stereocenters. The zero-order valence-corrected chi connectivity index (χ0v) is 17.4. The maximum atomic E-state index is 4.91. The van der Waals surface area contributed by atoms with Crippen molar-refractivity contribution >= 4 is 29.9 Å². The first-order valence-corrected chi connectivity index (χ1v) is 8.87. The predicted octanol–water partition coefficient (Wildman–Crippen LogP) is 3.69. The summed E-state index contributed by atoms with van der Waals surface area (Å²) in [6.07, 6.45) is 8.18. The Morgan fingerprint density at radius 1 is 1.36 bits per heavy atom. The Hall–Kier alpha value is -1.57. The van der Waals surface area contributed by atoms with Crippen LogP contribution in [0, 0.1) is 5.92 Å². The van der Waals surface area contributed by atoms with Gasteiger partial charge >= 0.3 is 0 Å². The van der Waals surface area contributed by atoms with Crippen LogP contribution in [0.1, 0.15) is 32.3 Å². The lowest BCUT2D eigenvalue weighted by Gasteiger charge is -2.33. The highest BCUT2D eigenvalue weighted by Crippen LogP contribution is 2.17. The molecule has 1 fully saturated rings. The summed E-state index contributed by atoms with van der Waals surface area (Å²) in [4.78, 5) is 11.5. The number of halogens is 1. The van der Waals surface area contributed by atoms with E-state index in [1.54, 1.807) is 6.20 Å². The van der Waals surface area contributed by atoms with Gasteiger partial charge in [0.25, 0.3) is 0 Å². The van der Waals surface area contributed by atoms with Crippen LogP contribution in [0.2, 0.25) is 0 Å². The Balaban J connectivity index is 0.00000225. The first-order chi connectivity index (χ1) is 11.8. The quantitative estimate of drug-likeness (QED) is 0.437. The van der Waals surface area contributed by atoms with Gasteiger partial charge < -0.3 is 14.8 Å². The van der Waals surface area contributed by atoms with Crippen LogP contribution in [0.4, 0.5) is 0 Å². The molecule has 3 rings (SSSR count). The van der Waals surface area contributed by atoms with E-state index in [0.717, 1.165) is 37.2 Å². The fourth-order valence-electron chi connectivity index (χ4n) is 3.27. The summed E-state index contributed by atoms with van der Waals surface area (Å²) in [5, 5.41) is 3.45. The van der Waals surface area contributed by atoms with E-state index >= 15 is 0 Å². The molecular weight excluding hydrogens is 425 g/mol. The van der Waals surface area contributed by atoms with Gasteiger partial charge in [0.15, 0.2) is 5.96 Å². The van der Waals surface area contributed by atoms with Gasteiger partial charge in [0.1, 0.15) is 0 Å². The normalized spacial score (nSPS) is 17.9. The highest BCUT2D eigenvalue weighted by atomic mass is 127. The lowest BCUT2D eigenvalue weighted by atomic mass is 10.0. The van der Waals surface area contributed by atoms with E-state index in [1.165, 1.54) is 18.4 Å². The van der Waals surface area contributed by atoms with Crippen molar-refractivity contribution in [2.75, 3.05) is 19.6 Å². The van der Waals surface area contributed by atoms with Gasteiger partial charge in [-0.3, -0.25) is 0 Å². The van der Waals surface area contributed by atoms with E-state index in [0.29, 0.717) is 6.54 Å². The predicted molar refractivity (Wildman–Crippen MR) is 114 cm³/mol. The van der Waals surface area contributed by atoms with E-state index in [2.05, 4.69) is 53.3 Å². The Morgan fingerprint density at radius 3 is 2.92 bits per heavy atom. The fourth-order valence-corrected chi connectivity index (χ4v) is 3.27. The van der Waals surface area contributed by atoms with Gasteiger partial charge in [0.2, 0.25) is 0 Å². The molecule has 136 valence electrons. The molecule has 0 aliphatic carbocycles. The Labute approximate surface area is 167 Å². The SMILES string of the molecule is CCNC(=NCc1ccccc1-n1ccnc1)N1CCCC(C)C1.I. The summed E-state index contributed by atoms with van der Waals surface area (Å²) in [6.45, 7) is 8.20. The Morgan fingerprint density at radius 2 is 2.20 bits per heavy atom. The second-order valence-electron chi connectivity index (χ2n) is 6.46. The Bertz CT molecular complexity index is 668. The molecule has 1 aliphatic heterocycles. The number of aliphatic imine (C=N–C) groups is 1. The van der Waals surface area contributed by atoms with Crippen molar-refractivity contribution < 1.29 is 0 Å². The molecule has 1 N–H and O–H groups in total. The maximum Gasteiger partial charge on any atom is 0.194 e. The van der Waals surface area contributed by atoms with Crippen LogP contribution >= 0.6 is 24.0 Å². The second-order valence-corrected chi connectivity index (χ2v) is 6.46. The average molecular weight is 453 g/mol. The molecule has 1 aromatic heterocycles. The molecule has 5 nitrogen and oxygen atoms in total. The van der Waals surface area contributed by atoms with Gasteiger partial charge in [-0.2, -0.15) is 0 Å². The summed E-state index contributed by atoms with van der Waals surface area (Å²) >= 11 is 0. The van der Waals surface area contributed by atoms with E-state index in [4.69, 9.17) is 4.99 Å². The van der Waals surface area contributed by atoms with Gasteiger partial charge in [-0.15, -0.1) is 24.0 Å². The molecule has 0 radical (unpaired) electrons. The molecule has 1 aliphatic rings. The minimum Gasteiger partial charge on any atom is -0.357 e. The monoisotopic (exact) mass is 453 g/mol. The largest absolute Gasteiger partial charge is 0.357 e. The van der Waals surface area contributed by atoms with Crippen LogP contribution in [0.5, 0.6) is 0 Å². The molecule has 0 saturated carbocycles. The van der Waals surface area contributed by atoms with Crippen LogP contribution < -0.4 is 5.32 Å². The van der Waals surface area contributed by atoms with Crippen LogP contribution in [-0.2, 0) is 6.54 Å². The average Bonchev–Trinajstić information content (AvgIpc) is 3.13. The van der Waals surface area contributed by atoms with Crippen molar-refractivity contribution in [1.29, 1.82) is 0 Å². The smallest absolute Gasteiger partial charge is 0.194 e. The number of hydrogen-bond acceptors (Lipinski definition) is 2. The lowest BCUT2D eigenvalue weighted by molar-refractivity contribution is 0.266. The molecule has 6 heteroatoms. The number of nitrogens with zero attached hydrogens (tertiary/aromatic N) is 4. The second kappa shape index (κ2) is 9.79. The van der Waals surface area contributed by atoms with Gasteiger partial charge in [-0.25, -0.2) is 9.98 Å². The first-order valence-electron chi connectivity index (χ1n) is 8.87. The fraction of sp³-hybridized carbons (Fsp3) is 0.474. The summed E-state index contributed by atoms with van der Waals surface area (Å²) in [5.41, 5.74) is 2.34. The van der Waals surface area contributed by atoms with Crippen molar-refractivity contribution in [2.24, 2.45) is 10.9 Å². The molecule has 25 heavy (non-hydrogen) atoms. The number of rotatable bonds is 4. The van der Waals surface area contributed by atoms with Gasteiger partial charge in [-0.05, 0) is 37.3 Å². The van der Waals surface area contributed by atoms with E-state index in [9.17, 15) is 0 Å². The summed E-state index contributed by atoms with van der Waals surface area (Å²) in [6, 6.07) is 8.38. The van der Waals surface area contributed by atoms with Crippen molar-refractivity contribution in [3.8, 4) is 5.69 Å². The van der Waals surface area contributed by atoms with Gasteiger partial charge in [0, 0.05) is 32.0 Å². The minimum absolute atomic E-state index is 0. The number of benzene rings is 1. The number of aromatic nitrogens is 2. The molecule has 1 saturated heterocycles. The minimum atomic E-state index is 0. The van der Waals surface area contributed by atoms with E-state index in [-0.39, 0.29) is 24.0 Å². The van der Waals surface area contributed by atoms with E-state index in [1.807, 2.05) is 17.1 Å². The third-order valence-corrected chi connectivity index (χ3v) is 4.46. The number of para-hydroxylation sites is 1. The third-order valence-electron chi connectivity index (χ3n) is 4.46. The van der Waals surface area contributed by atoms with Gasteiger partial charge in [-0.1, -0.05) is 25.1 Å². The number of guanidine groups is 1. The zero-order valence-electron chi connectivity index (χ0n) is 15.1. The zero-order chi connectivity index (χ0) is 16.8. The summed E-state index contributed by atoms with van der Waals surface area (Å²) in [7, 11) is 0. The third kappa shape index (κ3) is 5.20. The molecule has 0 amide bonds. The highest BCUT2D eigenvalue weighted by molar-refractivity contribution is 14.0. The summed E-state index contributed by atoms with van der Waals surface area (Å²) < 4.78 is 2.04. The molecule has 1 aromatic carbocycles. The van der Waals surface area contributed by atoms with Crippen LogP contribution in [0.15, 0.2) is 48.0 Å². The van der Waals surface area contributed by atoms with Crippen LogP contribution in [-0.4, -0.2) is 40.0 Å². The Kier molecular flexibility index (Phi) is 7.74. The molecule has 0 bridgehead atoms. The van der Waals surface area contributed by atoms with Crippen LogP contribution in [0.25, 0.3) is 5.69 Å². The number of likely N-dealkylation sites (tertiary alicyclic amines) is 1. The highest BCUT2D eigenvalue weighted by Gasteiger charge is 2.19. The molecule has 2 aromatic rings. The molecule has 0 spiro atoms. The number of piperidine rings is 1. The van der Waals surface area contributed by atoms with Crippen molar-refractivity contribution in [3.63, 3.8) is 0 Å². The lowest BCUT2D eigenvalue weighted by Crippen LogP contribution is -2.46. The van der Waals surface area contributed by atoms with Crippen molar-refractivity contribution in [2.45, 2.75) is 33.2 Å². The van der Waals surface area contributed by atoms with Crippen LogP contribution in [0.3, 0.4) is 0 Å². The molecular formula is C19H28IN5. The van der Waals surface area contributed by atoms with Gasteiger partial charge in [0.05, 0.1) is 18.6 Å². The first kappa shape index (κ1) is 19.8. The maximum absolute atomic E-state index is 4.91. The molecule has 2 heterocycles. The number of nitrogens with one attached hydrogen (secondary N) is 1. The standard InChI is InChI=1S/C19H27N5.HI/c1-3-21-19(23-11-6-7-16(2)14-23)22-13-17-8-4-5-9-18(17)24-12-10-20-15-24;/h4-5,8-10,12,15-16H,3,6-7,11,13-14H2,1-2H3,(H,21,22);1H. The number of hydrogen-bond donors (Lipinski definition) is 1. The number of imidazole rings is 1. The van der Waals surface area contributed by atoms with Crippen molar-refractivity contribution in [3.05, 3.63) is 48.5 Å². The summed E-state index contributed by atoms with van der Waals surface area (Å²) in [5.74, 6) is 1.77.